The van der Waals surface area contributed by atoms with Gasteiger partial charge in [-0.1, -0.05) is 29.3 Å². The standard InChI is InChI=1S/C19H18Cl2N4O/c20-16-5-3-14(17(21)12-16)4-6-18(26)24-8-10-25(11-9-24)19-15(13-22)2-1-7-23-19/h1-3,5,7,12H,4,6,8-11H2. The van der Waals surface area contributed by atoms with Gasteiger partial charge in [0.25, 0.3) is 0 Å². The minimum absolute atomic E-state index is 0.109. The fraction of sp³-hybridized carbons (Fsp3) is 0.316. The molecule has 1 aromatic heterocycles. The minimum Gasteiger partial charge on any atom is -0.352 e. The van der Waals surface area contributed by atoms with Crippen LogP contribution >= 0.6 is 23.2 Å². The lowest BCUT2D eigenvalue weighted by atomic mass is 10.1. The van der Waals surface area contributed by atoms with Gasteiger partial charge in [-0.3, -0.25) is 4.79 Å². The predicted octanol–water partition coefficient (Wildman–Crippen LogP) is 3.54. The van der Waals surface area contributed by atoms with Crippen LogP contribution in [-0.4, -0.2) is 42.0 Å². The van der Waals surface area contributed by atoms with E-state index in [0.29, 0.717) is 60.4 Å². The molecule has 1 saturated heterocycles. The summed E-state index contributed by atoms with van der Waals surface area (Å²) in [6, 6.07) is 11.0. The van der Waals surface area contributed by atoms with Crippen molar-refractivity contribution in [3.63, 3.8) is 0 Å². The number of nitrogens with zero attached hydrogens (tertiary/aromatic N) is 4. The van der Waals surface area contributed by atoms with Crippen LogP contribution in [0.1, 0.15) is 17.5 Å². The van der Waals surface area contributed by atoms with Crippen molar-refractivity contribution in [2.45, 2.75) is 12.8 Å². The molecule has 0 unspecified atom stereocenters. The largest absolute Gasteiger partial charge is 0.352 e. The lowest BCUT2D eigenvalue weighted by Crippen LogP contribution is -2.49. The number of carbonyl (C=O) groups is 1. The molecule has 7 heteroatoms. The average Bonchev–Trinajstić information content (AvgIpc) is 2.67. The quantitative estimate of drug-likeness (QED) is 0.803. The van der Waals surface area contributed by atoms with Gasteiger partial charge < -0.3 is 9.80 Å². The van der Waals surface area contributed by atoms with Crippen molar-refractivity contribution in [1.82, 2.24) is 9.88 Å². The van der Waals surface area contributed by atoms with Crippen molar-refractivity contribution < 1.29 is 4.79 Å². The predicted molar refractivity (Wildman–Crippen MR) is 103 cm³/mol. The minimum atomic E-state index is 0.109. The Morgan fingerprint density at radius 3 is 2.65 bits per heavy atom. The summed E-state index contributed by atoms with van der Waals surface area (Å²) in [4.78, 5) is 20.7. The molecule has 0 bridgehead atoms. The van der Waals surface area contributed by atoms with Gasteiger partial charge in [-0.15, -0.1) is 0 Å². The number of nitriles is 1. The molecule has 0 N–H and O–H groups in total. The molecule has 1 aromatic carbocycles. The second kappa shape index (κ2) is 8.39. The van der Waals surface area contributed by atoms with Gasteiger partial charge in [-0.25, -0.2) is 4.98 Å². The first kappa shape index (κ1) is 18.5. The van der Waals surface area contributed by atoms with E-state index in [1.807, 2.05) is 11.0 Å². The van der Waals surface area contributed by atoms with E-state index in [4.69, 9.17) is 23.2 Å². The Morgan fingerprint density at radius 2 is 1.96 bits per heavy atom. The third kappa shape index (κ3) is 4.27. The first-order valence-corrected chi connectivity index (χ1v) is 9.16. The molecule has 2 heterocycles. The summed E-state index contributed by atoms with van der Waals surface area (Å²) in [5.41, 5.74) is 1.49. The van der Waals surface area contributed by atoms with E-state index in [2.05, 4.69) is 16.0 Å². The van der Waals surface area contributed by atoms with Crippen LogP contribution < -0.4 is 4.90 Å². The molecule has 2 aromatic rings. The summed E-state index contributed by atoms with van der Waals surface area (Å²) < 4.78 is 0. The van der Waals surface area contributed by atoms with Gasteiger partial charge in [0.15, 0.2) is 0 Å². The van der Waals surface area contributed by atoms with E-state index in [0.717, 1.165) is 5.56 Å². The van der Waals surface area contributed by atoms with E-state index in [-0.39, 0.29) is 5.91 Å². The van der Waals surface area contributed by atoms with Crippen molar-refractivity contribution in [1.29, 1.82) is 5.26 Å². The third-order valence-electron chi connectivity index (χ3n) is 4.46. The van der Waals surface area contributed by atoms with Crippen LogP contribution in [0, 0.1) is 11.3 Å². The molecule has 5 nitrogen and oxygen atoms in total. The van der Waals surface area contributed by atoms with Crippen molar-refractivity contribution in [2.75, 3.05) is 31.1 Å². The second-order valence-corrected chi connectivity index (χ2v) is 6.93. The van der Waals surface area contributed by atoms with E-state index in [1.54, 1.807) is 30.5 Å². The summed E-state index contributed by atoms with van der Waals surface area (Å²) >= 11 is 12.1. The number of aryl methyl sites for hydroxylation is 1. The molecule has 1 aliphatic heterocycles. The van der Waals surface area contributed by atoms with Crippen molar-refractivity contribution in [3.05, 3.63) is 57.7 Å². The average molecular weight is 389 g/mol. The summed E-state index contributed by atoms with van der Waals surface area (Å²) in [6.07, 6.45) is 2.69. The normalized spacial score (nSPS) is 14.2. The highest BCUT2D eigenvalue weighted by atomic mass is 35.5. The maximum Gasteiger partial charge on any atom is 0.223 e. The van der Waals surface area contributed by atoms with E-state index >= 15 is 0 Å². The summed E-state index contributed by atoms with van der Waals surface area (Å²) in [7, 11) is 0. The lowest BCUT2D eigenvalue weighted by molar-refractivity contribution is -0.131. The van der Waals surface area contributed by atoms with Crippen LogP contribution in [0.3, 0.4) is 0 Å². The van der Waals surface area contributed by atoms with E-state index < -0.39 is 0 Å². The molecular formula is C19H18Cl2N4O. The van der Waals surface area contributed by atoms with Crippen molar-refractivity contribution in [3.8, 4) is 6.07 Å². The zero-order chi connectivity index (χ0) is 18.5. The summed E-state index contributed by atoms with van der Waals surface area (Å²) in [5.74, 6) is 0.798. The molecule has 0 aliphatic carbocycles. The second-order valence-electron chi connectivity index (χ2n) is 6.09. The molecule has 1 amide bonds. The number of hydrogen-bond donors (Lipinski definition) is 0. The van der Waals surface area contributed by atoms with Crippen molar-refractivity contribution >= 4 is 34.9 Å². The molecule has 0 radical (unpaired) electrons. The number of halogens is 2. The van der Waals surface area contributed by atoms with E-state index in [1.165, 1.54) is 0 Å². The molecule has 1 fully saturated rings. The Hall–Kier alpha value is -2.29. The Kier molecular flexibility index (Phi) is 5.97. The monoisotopic (exact) mass is 388 g/mol. The van der Waals surface area contributed by atoms with Gasteiger partial charge in [0.1, 0.15) is 11.9 Å². The van der Waals surface area contributed by atoms with Crippen LogP contribution in [0.4, 0.5) is 5.82 Å². The Labute approximate surface area is 162 Å². The number of benzene rings is 1. The number of amides is 1. The van der Waals surface area contributed by atoms with E-state index in [9.17, 15) is 10.1 Å². The number of aromatic nitrogens is 1. The van der Waals surface area contributed by atoms with Crippen LogP contribution in [-0.2, 0) is 11.2 Å². The van der Waals surface area contributed by atoms with Gasteiger partial charge >= 0.3 is 0 Å². The van der Waals surface area contributed by atoms with Gasteiger partial charge in [0.05, 0.1) is 5.56 Å². The highest BCUT2D eigenvalue weighted by molar-refractivity contribution is 6.35. The number of hydrogen-bond acceptors (Lipinski definition) is 4. The first-order chi connectivity index (χ1) is 12.6. The molecule has 0 spiro atoms. The summed E-state index contributed by atoms with van der Waals surface area (Å²) in [6.45, 7) is 2.57. The van der Waals surface area contributed by atoms with Crippen molar-refractivity contribution in [2.24, 2.45) is 0 Å². The highest BCUT2D eigenvalue weighted by Gasteiger charge is 2.23. The number of pyridine rings is 1. The van der Waals surface area contributed by atoms with Crippen LogP contribution in [0.25, 0.3) is 0 Å². The first-order valence-electron chi connectivity index (χ1n) is 8.40. The zero-order valence-electron chi connectivity index (χ0n) is 14.2. The molecule has 1 aliphatic rings. The summed E-state index contributed by atoms with van der Waals surface area (Å²) in [5, 5.41) is 10.4. The maximum atomic E-state index is 12.5. The fourth-order valence-corrected chi connectivity index (χ4v) is 3.53. The Morgan fingerprint density at radius 1 is 1.19 bits per heavy atom. The topological polar surface area (TPSA) is 60.2 Å². The number of rotatable bonds is 4. The Balaban J connectivity index is 1.54. The molecule has 0 saturated carbocycles. The van der Waals surface area contributed by atoms with Gasteiger partial charge in [-0.05, 0) is 36.2 Å². The Bertz CT molecular complexity index is 842. The molecule has 3 rings (SSSR count). The SMILES string of the molecule is N#Cc1cccnc1N1CCN(C(=O)CCc2ccc(Cl)cc2Cl)CC1. The molecule has 134 valence electrons. The van der Waals surface area contributed by atoms with Crippen LogP contribution in [0.15, 0.2) is 36.5 Å². The highest BCUT2D eigenvalue weighted by Crippen LogP contribution is 2.23. The van der Waals surface area contributed by atoms with Crippen LogP contribution in [0.2, 0.25) is 10.0 Å². The number of anilines is 1. The third-order valence-corrected chi connectivity index (χ3v) is 5.05. The number of carbonyl (C=O) groups excluding carboxylic acids is 1. The van der Waals surface area contributed by atoms with Crippen LogP contribution in [0.5, 0.6) is 0 Å². The molecule has 0 atom stereocenters. The number of piperazine rings is 1. The molecular weight excluding hydrogens is 371 g/mol. The van der Waals surface area contributed by atoms with Gasteiger partial charge in [-0.2, -0.15) is 5.26 Å². The smallest absolute Gasteiger partial charge is 0.223 e. The fourth-order valence-electron chi connectivity index (χ4n) is 3.03. The molecule has 26 heavy (non-hydrogen) atoms. The van der Waals surface area contributed by atoms with Gasteiger partial charge in [0, 0.05) is 48.8 Å². The lowest BCUT2D eigenvalue weighted by Gasteiger charge is -2.35. The van der Waals surface area contributed by atoms with Gasteiger partial charge in [0.2, 0.25) is 5.91 Å². The maximum absolute atomic E-state index is 12.5. The zero-order valence-corrected chi connectivity index (χ0v) is 15.7.